The molecule has 1 N–H and O–H groups in total. The molecule has 1 aliphatic carbocycles. The van der Waals surface area contributed by atoms with Crippen molar-refractivity contribution >= 4 is 23.3 Å². The molecule has 2 atom stereocenters. The number of amidine groups is 1. The van der Waals surface area contributed by atoms with E-state index < -0.39 is 0 Å². The van der Waals surface area contributed by atoms with Crippen LogP contribution >= 0.6 is 11.8 Å². The van der Waals surface area contributed by atoms with Gasteiger partial charge in [0.05, 0.1) is 12.8 Å². The summed E-state index contributed by atoms with van der Waals surface area (Å²) >= 11 is 2.02. The molecular weight excluding hydrogens is 268 g/mol. The summed E-state index contributed by atoms with van der Waals surface area (Å²) in [4.78, 5) is 11.4. The van der Waals surface area contributed by atoms with Gasteiger partial charge >= 0.3 is 0 Å². The van der Waals surface area contributed by atoms with Crippen LogP contribution in [-0.2, 0) is 4.84 Å². The average molecular weight is 290 g/mol. The molecule has 3 rings (SSSR count). The fourth-order valence-corrected chi connectivity index (χ4v) is 4.77. The summed E-state index contributed by atoms with van der Waals surface area (Å²) in [7, 11) is 1.67. The van der Waals surface area contributed by atoms with Crippen molar-refractivity contribution in [2.75, 3.05) is 7.11 Å². The van der Waals surface area contributed by atoms with Crippen molar-refractivity contribution in [3.05, 3.63) is 23.3 Å². The highest BCUT2D eigenvalue weighted by molar-refractivity contribution is 8.00. The largest absolute Gasteiger partial charge is 0.278 e. The van der Waals surface area contributed by atoms with Crippen LogP contribution in [0.4, 0.5) is 5.69 Å². The maximum Gasteiger partial charge on any atom is 0.130 e. The van der Waals surface area contributed by atoms with Crippen molar-refractivity contribution in [3.8, 4) is 0 Å². The number of nitrogens with zero attached hydrogens (tertiary/aromatic N) is 1. The number of thioether (sulfide) groups is 1. The second-order valence-electron chi connectivity index (χ2n) is 5.78. The van der Waals surface area contributed by atoms with Crippen LogP contribution in [0.25, 0.3) is 0 Å². The van der Waals surface area contributed by atoms with Gasteiger partial charge in [-0.15, -0.1) is 11.8 Å². The van der Waals surface area contributed by atoms with E-state index in [0.717, 1.165) is 11.5 Å². The smallest absolute Gasteiger partial charge is 0.130 e. The van der Waals surface area contributed by atoms with Gasteiger partial charge in [0.1, 0.15) is 5.84 Å². The third kappa shape index (κ3) is 2.59. The minimum atomic E-state index is 0.487. The highest BCUT2D eigenvalue weighted by Gasteiger charge is 2.33. The van der Waals surface area contributed by atoms with Gasteiger partial charge in [0, 0.05) is 16.1 Å². The van der Waals surface area contributed by atoms with Crippen LogP contribution in [0, 0.1) is 19.8 Å². The fourth-order valence-electron chi connectivity index (χ4n) is 3.29. The first-order valence-electron chi connectivity index (χ1n) is 7.34. The van der Waals surface area contributed by atoms with Gasteiger partial charge in [0.2, 0.25) is 0 Å². The molecule has 4 heteroatoms. The highest BCUT2D eigenvalue weighted by Crippen LogP contribution is 2.46. The number of hydrogen-bond acceptors (Lipinski definition) is 4. The standard InChI is InChI=1S/C16H22N2OS/c1-10-8-11(2)15-13(9-10)17-16(18-19-3)12-6-4-5-7-14(12)20-15/h8-9,12,14H,4-7H2,1-3H3,(H,17,18). The van der Waals surface area contributed by atoms with Gasteiger partial charge in [0.15, 0.2) is 0 Å². The molecule has 1 aromatic carbocycles. The Morgan fingerprint density at radius 3 is 2.85 bits per heavy atom. The number of hydrogen-bond donors (Lipinski definition) is 1. The molecule has 1 aliphatic heterocycles. The van der Waals surface area contributed by atoms with E-state index in [2.05, 4.69) is 31.5 Å². The van der Waals surface area contributed by atoms with Gasteiger partial charge in [-0.05, 0) is 43.9 Å². The molecule has 1 heterocycles. The summed E-state index contributed by atoms with van der Waals surface area (Å²) in [6.45, 7) is 4.33. The van der Waals surface area contributed by atoms with Crippen LogP contribution in [0.3, 0.4) is 0 Å². The molecule has 0 radical (unpaired) electrons. The molecule has 1 aromatic rings. The zero-order valence-corrected chi connectivity index (χ0v) is 13.2. The first-order valence-corrected chi connectivity index (χ1v) is 8.22. The highest BCUT2D eigenvalue weighted by atomic mass is 32.2. The van der Waals surface area contributed by atoms with Crippen LogP contribution < -0.4 is 5.48 Å². The van der Waals surface area contributed by atoms with E-state index in [1.165, 1.54) is 41.7 Å². The van der Waals surface area contributed by atoms with E-state index >= 15 is 0 Å². The number of aryl methyl sites for hydroxylation is 2. The van der Waals surface area contributed by atoms with Gasteiger partial charge in [-0.2, -0.15) is 0 Å². The molecule has 0 amide bonds. The SMILES string of the molecule is CONC1=Nc2cc(C)cc(C)c2SC2CCCCC12. The van der Waals surface area contributed by atoms with Crippen molar-refractivity contribution in [1.82, 2.24) is 5.48 Å². The lowest BCUT2D eigenvalue weighted by Crippen LogP contribution is -2.37. The molecule has 0 aromatic heterocycles. The first-order chi connectivity index (χ1) is 9.69. The number of rotatable bonds is 1. The Morgan fingerprint density at radius 2 is 2.05 bits per heavy atom. The van der Waals surface area contributed by atoms with Gasteiger partial charge in [0.25, 0.3) is 0 Å². The van der Waals surface area contributed by atoms with E-state index in [9.17, 15) is 0 Å². The summed E-state index contributed by atoms with van der Waals surface area (Å²) in [6, 6.07) is 4.44. The Morgan fingerprint density at radius 1 is 1.25 bits per heavy atom. The second kappa shape index (κ2) is 5.78. The maximum atomic E-state index is 5.17. The molecule has 3 nitrogen and oxygen atoms in total. The van der Waals surface area contributed by atoms with E-state index in [0.29, 0.717) is 11.2 Å². The number of aliphatic imine (C=N–C) groups is 1. The van der Waals surface area contributed by atoms with Gasteiger partial charge in [-0.1, -0.05) is 18.9 Å². The average Bonchev–Trinajstić information content (AvgIpc) is 2.57. The quantitative estimate of drug-likeness (QED) is 0.789. The van der Waals surface area contributed by atoms with E-state index in [1.54, 1.807) is 7.11 Å². The molecule has 2 unspecified atom stereocenters. The van der Waals surface area contributed by atoms with Crippen LogP contribution in [-0.4, -0.2) is 18.2 Å². The zero-order valence-electron chi connectivity index (χ0n) is 12.4. The molecule has 108 valence electrons. The summed E-state index contributed by atoms with van der Waals surface area (Å²) in [6.07, 6.45) is 5.10. The van der Waals surface area contributed by atoms with Crippen LogP contribution in [0.1, 0.15) is 36.8 Å². The normalized spacial score (nSPS) is 25.2. The molecule has 0 bridgehead atoms. The van der Waals surface area contributed by atoms with Gasteiger partial charge < -0.3 is 0 Å². The van der Waals surface area contributed by atoms with E-state index in [4.69, 9.17) is 9.83 Å². The number of fused-ring (bicyclic) bond motifs is 2. The van der Waals surface area contributed by atoms with E-state index in [1.807, 2.05) is 11.8 Å². The number of hydroxylamine groups is 1. The summed E-state index contributed by atoms with van der Waals surface area (Å²) < 4.78 is 0. The zero-order chi connectivity index (χ0) is 14.1. The topological polar surface area (TPSA) is 33.6 Å². The summed E-state index contributed by atoms with van der Waals surface area (Å²) in [5.41, 5.74) is 6.75. The predicted octanol–water partition coefficient (Wildman–Crippen LogP) is 4.15. The lowest BCUT2D eigenvalue weighted by molar-refractivity contribution is 0.138. The Hall–Kier alpha value is -1.00. The molecule has 20 heavy (non-hydrogen) atoms. The monoisotopic (exact) mass is 290 g/mol. The molecular formula is C16H22N2OS. The Kier molecular flexibility index (Phi) is 4.03. The molecule has 1 saturated carbocycles. The van der Waals surface area contributed by atoms with Gasteiger partial charge in [-0.3, -0.25) is 10.3 Å². The minimum Gasteiger partial charge on any atom is -0.278 e. The van der Waals surface area contributed by atoms with Gasteiger partial charge in [-0.25, -0.2) is 4.99 Å². The van der Waals surface area contributed by atoms with Crippen LogP contribution in [0.5, 0.6) is 0 Å². The van der Waals surface area contributed by atoms with Crippen LogP contribution in [0.15, 0.2) is 22.0 Å². The predicted molar refractivity (Wildman–Crippen MR) is 84.8 cm³/mol. The fraction of sp³-hybridized carbons (Fsp3) is 0.562. The molecule has 0 spiro atoms. The lowest BCUT2D eigenvalue weighted by Gasteiger charge is -2.30. The lowest BCUT2D eigenvalue weighted by atomic mass is 9.88. The van der Waals surface area contributed by atoms with Crippen LogP contribution in [0.2, 0.25) is 0 Å². The third-order valence-electron chi connectivity index (χ3n) is 4.17. The summed E-state index contributed by atoms with van der Waals surface area (Å²) in [5, 5.41) is 0.618. The molecule has 2 aliphatic rings. The molecule has 0 saturated heterocycles. The van der Waals surface area contributed by atoms with Crippen molar-refractivity contribution in [2.24, 2.45) is 10.9 Å². The minimum absolute atomic E-state index is 0.487. The van der Waals surface area contributed by atoms with Crippen molar-refractivity contribution in [1.29, 1.82) is 0 Å². The first kappa shape index (κ1) is 14.0. The van der Waals surface area contributed by atoms with E-state index in [-0.39, 0.29) is 0 Å². The third-order valence-corrected chi connectivity index (χ3v) is 5.80. The Balaban J connectivity index is 2.07. The summed E-state index contributed by atoms with van der Waals surface area (Å²) in [5.74, 6) is 1.49. The maximum absolute atomic E-state index is 5.17. The molecule has 1 fully saturated rings. The second-order valence-corrected chi connectivity index (χ2v) is 7.03. The Bertz CT molecular complexity index is 542. The number of benzene rings is 1. The Labute approximate surface area is 125 Å². The van der Waals surface area contributed by atoms with Crippen molar-refractivity contribution in [3.63, 3.8) is 0 Å². The van der Waals surface area contributed by atoms with Crippen molar-refractivity contribution in [2.45, 2.75) is 49.7 Å². The van der Waals surface area contributed by atoms with Crippen molar-refractivity contribution < 1.29 is 4.84 Å². The number of nitrogens with one attached hydrogen (secondary N) is 1.